The van der Waals surface area contributed by atoms with Gasteiger partial charge in [0.1, 0.15) is 5.82 Å². The average molecular weight is 250 g/mol. The lowest BCUT2D eigenvalue weighted by molar-refractivity contribution is 0.0491. The van der Waals surface area contributed by atoms with Crippen LogP contribution in [0.15, 0.2) is 0 Å². The van der Waals surface area contributed by atoms with E-state index in [4.69, 9.17) is 0 Å². The van der Waals surface area contributed by atoms with Gasteiger partial charge in [-0.25, -0.2) is 4.98 Å². The summed E-state index contributed by atoms with van der Waals surface area (Å²) >= 11 is 0. The number of H-pyrrole nitrogens is 1. The van der Waals surface area contributed by atoms with Crippen LogP contribution in [0.3, 0.4) is 0 Å². The number of aliphatic hydroxyl groups excluding tert-OH is 1. The minimum Gasteiger partial charge on any atom is -0.394 e. The molecule has 2 aliphatic rings. The Morgan fingerprint density at radius 1 is 1.39 bits per heavy atom. The van der Waals surface area contributed by atoms with Gasteiger partial charge in [-0.05, 0) is 32.1 Å². The van der Waals surface area contributed by atoms with E-state index in [-0.39, 0.29) is 24.4 Å². The van der Waals surface area contributed by atoms with Crippen molar-refractivity contribution in [1.82, 2.24) is 20.1 Å². The molecule has 0 spiro atoms. The van der Waals surface area contributed by atoms with Gasteiger partial charge >= 0.3 is 0 Å². The van der Waals surface area contributed by atoms with Crippen LogP contribution in [0.1, 0.15) is 54.5 Å². The van der Waals surface area contributed by atoms with Crippen LogP contribution in [-0.2, 0) is 0 Å². The van der Waals surface area contributed by atoms with Crippen LogP contribution in [0, 0.1) is 0 Å². The van der Waals surface area contributed by atoms with E-state index in [0.717, 1.165) is 37.9 Å². The molecule has 0 radical (unpaired) electrons. The molecule has 2 fully saturated rings. The maximum atomic E-state index is 12.3. The fourth-order valence-corrected chi connectivity index (χ4v) is 2.50. The number of carbonyl (C=O) groups excluding carboxylic acids is 1. The summed E-state index contributed by atoms with van der Waals surface area (Å²) in [6.07, 6.45) is 5.18. The first kappa shape index (κ1) is 11.6. The average Bonchev–Trinajstić information content (AvgIpc) is 3.16. The number of hydrogen-bond donors (Lipinski definition) is 2. The molecule has 1 amide bonds. The second-order valence-corrected chi connectivity index (χ2v) is 5.15. The molecule has 1 aliphatic heterocycles. The lowest BCUT2D eigenvalue weighted by atomic mass is 10.0. The predicted octanol–water partition coefficient (Wildman–Crippen LogP) is 0.669. The first-order valence-corrected chi connectivity index (χ1v) is 6.63. The number of amides is 1. The number of nitrogens with zero attached hydrogens (tertiary/aromatic N) is 3. The molecule has 1 atom stereocenters. The summed E-state index contributed by atoms with van der Waals surface area (Å²) in [5.74, 6) is 1.39. The number of aliphatic hydroxyl groups is 1. The Hall–Kier alpha value is -1.43. The van der Waals surface area contributed by atoms with Crippen molar-refractivity contribution in [3.05, 3.63) is 11.6 Å². The molecule has 6 heteroatoms. The van der Waals surface area contributed by atoms with Crippen molar-refractivity contribution in [2.24, 2.45) is 0 Å². The van der Waals surface area contributed by atoms with Crippen LogP contribution in [0.2, 0.25) is 0 Å². The summed E-state index contributed by atoms with van der Waals surface area (Å²) < 4.78 is 0. The molecule has 0 bridgehead atoms. The molecular formula is C12H18N4O2. The number of rotatable bonds is 3. The smallest absolute Gasteiger partial charge is 0.293 e. The number of aromatic amines is 1. The van der Waals surface area contributed by atoms with E-state index in [0.29, 0.717) is 12.5 Å². The lowest BCUT2D eigenvalue weighted by Crippen LogP contribution is -2.46. The molecule has 2 N–H and O–H groups in total. The first-order chi connectivity index (χ1) is 8.79. The van der Waals surface area contributed by atoms with E-state index in [1.54, 1.807) is 4.90 Å². The molecule has 1 saturated carbocycles. The Balaban J connectivity index is 1.74. The SMILES string of the molecule is O=C(c1n[nH]c(C2CC2)n1)N1CCCCC1CO. The first-order valence-electron chi connectivity index (χ1n) is 6.63. The zero-order chi connectivity index (χ0) is 12.5. The van der Waals surface area contributed by atoms with Crippen molar-refractivity contribution in [2.75, 3.05) is 13.2 Å². The highest BCUT2D eigenvalue weighted by Crippen LogP contribution is 2.37. The Morgan fingerprint density at radius 2 is 2.22 bits per heavy atom. The Morgan fingerprint density at radius 3 is 2.94 bits per heavy atom. The lowest BCUT2D eigenvalue weighted by Gasteiger charge is -2.33. The molecule has 3 rings (SSSR count). The second-order valence-electron chi connectivity index (χ2n) is 5.15. The fraction of sp³-hybridized carbons (Fsp3) is 0.750. The zero-order valence-electron chi connectivity index (χ0n) is 10.3. The van der Waals surface area contributed by atoms with E-state index in [1.807, 2.05) is 0 Å². The van der Waals surface area contributed by atoms with Crippen LogP contribution in [0.5, 0.6) is 0 Å². The highest BCUT2D eigenvalue weighted by molar-refractivity contribution is 5.90. The van der Waals surface area contributed by atoms with E-state index < -0.39 is 0 Å². The molecule has 1 aliphatic carbocycles. The molecule has 2 heterocycles. The van der Waals surface area contributed by atoms with Gasteiger partial charge in [0.25, 0.3) is 5.91 Å². The van der Waals surface area contributed by atoms with Gasteiger partial charge < -0.3 is 10.0 Å². The maximum Gasteiger partial charge on any atom is 0.293 e. The largest absolute Gasteiger partial charge is 0.394 e. The third-order valence-corrected chi connectivity index (χ3v) is 3.76. The van der Waals surface area contributed by atoms with Crippen LogP contribution in [-0.4, -0.2) is 50.3 Å². The topological polar surface area (TPSA) is 82.1 Å². The number of hydrogen-bond acceptors (Lipinski definition) is 4. The van der Waals surface area contributed by atoms with Gasteiger partial charge in [0.2, 0.25) is 5.82 Å². The molecule has 6 nitrogen and oxygen atoms in total. The minimum absolute atomic E-state index is 0.0195. The van der Waals surface area contributed by atoms with Crippen molar-refractivity contribution in [1.29, 1.82) is 0 Å². The van der Waals surface area contributed by atoms with E-state index in [2.05, 4.69) is 15.2 Å². The quantitative estimate of drug-likeness (QED) is 0.826. The van der Waals surface area contributed by atoms with Gasteiger partial charge in [-0.3, -0.25) is 9.89 Å². The molecule has 0 aromatic carbocycles. The maximum absolute atomic E-state index is 12.3. The van der Waals surface area contributed by atoms with Gasteiger partial charge in [-0.15, -0.1) is 5.10 Å². The van der Waals surface area contributed by atoms with Crippen LogP contribution >= 0.6 is 0 Å². The Kier molecular flexibility index (Phi) is 3.03. The highest BCUT2D eigenvalue weighted by atomic mass is 16.3. The third kappa shape index (κ3) is 2.12. The summed E-state index contributed by atoms with van der Waals surface area (Å²) in [6, 6.07) is -0.0749. The Bertz CT molecular complexity index is 441. The van der Waals surface area contributed by atoms with E-state index in [9.17, 15) is 9.90 Å². The molecule has 18 heavy (non-hydrogen) atoms. The fourth-order valence-electron chi connectivity index (χ4n) is 2.50. The summed E-state index contributed by atoms with van der Waals surface area (Å²) in [7, 11) is 0. The molecule has 1 aromatic rings. The zero-order valence-corrected chi connectivity index (χ0v) is 10.3. The Labute approximate surface area is 105 Å². The number of aromatic nitrogens is 3. The van der Waals surface area contributed by atoms with Gasteiger partial charge in [-0.1, -0.05) is 0 Å². The van der Waals surface area contributed by atoms with Crippen LogP contribution in [0.4, 0.5) is 0 Å². The van der Waals surface area contributed by atoms with E-state index >= 15 is 0 Å². The highest BCUT2D eigenvalue weighted by Gasteiger charge is 2.32. The number of piperidine rings is 1. The summed E-state index contributed by atoms with van der Waals surface area (Å²) in [6.45, 7) is 0.711. The van der Waals surface area contributed by atoms with Gasteiger partial charge in [0.05, 0.1) is 12.6 Å². The summed E-state index contributed by atoms with van der Waals surface area (Å²) in [5.41, 5.74) is 0. The second kappa shape index (κ2) is 4.68. The normalized spacial score (nSPS) is 24.3. The predicted molar refractivity (Wildman–Crippen MR) is 64.1 cm³/mol. The number of carbonyl (C=O) groups is 1. The number of likely N-dealkylation sites (tertiary alicyclic amines) is 1. The third-order valence-electron chi connectivity index (χ3n) is 3.76. The van der Waals surface area contributed by atoms with Crippen molar-refractivity contribution in [2.45, 2.75) is 44.1 Å². The van der Waals surface area contributed by atoms with Crippen molar-refractivity contribution in [3.63, 3.8) is 0 Å². The minimum atomic E-state index is -0.156. The standard InChI is InChI=1S/C12H18N4O2/c17-7-9-3-1-2-6-16(9)12(18)11-13-10(14-15-11)8-4-5-8/h8-9,17H,1-7H2,(H,13,14,15). The molecular weight excluding hydrogens is 232 g/mol. The van der Waals surface area contributed by atoms with Crippen molar-refractivity contribution >= 4 is 5.91 Å². The van der Waals surface area contributed by atoms with Gasteiger partial charge in [0, 0.05) is 12.5 Å². The van der Waals surface area contributed by atoms with Crippen molar-refractivity contribution < 1.29 is 9.90 Å². The van der Waals surface area contributed by atoms with Crippen molar-refractivity contribution in [3.8, 4) is 0 Å². The van der Waals surface area contributed by atoms with Gasteiger partial charge in [0.15, 0.2) is 0 Å². The van der Waals surface area contributed by atoms with E-state index in [1.165, 1.54) is 0 Å². The summed E-state index contributed by atoms with van der Waals surface area (Å²) in [5, 5.41) is 16.2. The van der Waals surface area contributed by atoms with Crippen LogP contribution in [0.25, 0.3) is 0 Å². The monoisotopic (exact) mass is 250 g/mol. The molecule has 1 aromatic heterocycles. The molecule has 1 unspecified atom stereocenters. The number of nitrogens with one attached hydrogen (secondary N) is 1. The molecule has 98 valence electrons. The van der Waals surface area contributed by atoms with Gasteiger partial charge in [-0.2, -0.15) is 0 Å². The summed E-state index contributed by atoms with van der Waals surface area (Å²) in [4.78, 5) is 18.3. The van der Waals surface area contributed by atoms with Crippen LogP contribution < -0.4 is 0 Å². The molecule has 1 saturated heterocycles.